The predicted octanol–water partition coefficient (Wildman–Crippen LogP) is 1.07. The Morgan fingerprint density at radius 2 is 2.35 bits per heavy atom. The van der Waals surface area contributed by atoms with E-state index in [2.05, 4.69) is 17.6 Å². The zero-order chi connectivity index (χ0) is 12.3. The summed E-state index contributed by atoms with van der Waals surface area (Å²) in [5.41, 5.74) is 10.7. The average Bonchev–Trinajstić information content (AvgIpc) is 2.68. The van der Waals surface area contributed by atoms with Crippen molar-refractivity contribution in [1.82, 2.24) is 5.43 Å². The molecule has 1 atom stereocenters. The molecule has 0 saturated carbocycles. The van der Waals surface area contributed by atoms with Crippen LogP contribution in [0.4, 0.5) is 5.69 Å². The third-order valence-corrected chi connectivity index (χ3v) is 3.04. The molecule has 1 saturated heterocycles. The second-order valence-electron chi connectivity index (χ2n) is 4.55. The zero-order valence-electron chi connectivity index (χ0n) is 10.1. The Morgan fingerprint density at radius 1 is 1.53 bits per heavy atom. The second kappa shape index (κ2) is 5.19. The fourth-order valence-corrected chi connectivity index (χ4v) is 2.00. The molecule has 1 aliphatic rings. The average molecular weight is 233 g/mol. The van der Waals surface area contributed by atoms with Crippen LogP contribution in [0.1, 0.15) is 18.9 Å². The van der Waals surface area contributed by atoms with Crippen molar-refractivity contribution in [1.29, 1.82) is 0 Å². The molecule has 0 radical (unpaired) electrons. The van der Waals surface area contributed by atoms with Gasteiger partial charge in [-0.2, -0.15) is 0 Å². The topological polar surface area (TPSA) is 58.4 Å². The first-order valence-corrected chi connectivity index (χ1v) is 6.08. The summed E-state index contributed by atoms with van der Waals surface area (Å²) in [6, 6.07) is 8.26. The van der Waals surface area contributed by atoms with Gasteiger partial charge in [-0.15, -0.1) is 0 Å². The number of hydrogen-bond donors (Lipinski definition) is 2. The second-order valence-corrected chi connectivity index (χ2v) is 4.55. The minimum atomic E-state index is 0.0581. The molecular formula is C13H19N3O. The summed E-state index contributed by atoms with van der Waals surface area (Å²) in [6.45, 7) is 3.38. The standard InChI is InChI=1S/C13H19N3O/c1-10-9-16(15-13(10)17)12-6-2-4-11(8-12)5-3-7-14/h2,4,6,8,10H,3,5,7,9,14H2,1H3,(H,15,17). The quantitative estimate of drug-likeness (QED) is 0.817. The molecule has 0 bridgehead atoms. The van der Waals surface area contributed by atoms with Crippen molar-refractivity contribution in [3.05, 3.63) is 29.8 Å². The fraction of sp³-hybridized carbons (Fsp3) is 0.462. The number of hydrazine groups is 1. The molecule has 4 nitrogen and oxygen atoms in total. The maximum Gasteiger partial charge on any atom is 0.243 e. The molecule has 1 fully saturated rings. The molecule has 1 heterocycles. The predicted molar refractivity (Wildman–Crippen MR) is 68.5 cm³/mol. The summed E-state index contributed by atoms with van der Waals surface area (Å²) in [4.78, 5) is 11.4. The number of rotatable bonds is 4. The molecule has 1 amide bonds. The largest absolute Gasteiger partial charge is 0.330 e. The minimum absolute atomic E-state index is 0.0581. The number of carbonyl (C=O) groups excluding carboxylic acids is 1. The highest BCUT2D eigenvalue weighted by atomic mass is 16.2. The van der Waals surface area contributed by atoms with Gasteiger partial charge in [0.1, 0.15) is 0 Å². The lowest BCUT2D eigenvalue weighted by Gasteiger charge is -2.18. The molecule has 0 aromatic heterocycles. The molecule has 2 rings (SSSR count). The van der Waals surface area contributed by atoms with Gasteiger partial charge in [-0.1, -0.05) is 19.1 Å². The highest BCUT2D eigenvalue weighted by Gasteiger charge is 2.26. The Kier molecular flexibility index (Phi) is 3.64. The van der Waals surface area contributed by atoms with E-state index in [-0.39, 0.29) is 11.8 Å². The van der Waals surface area contributed by atoms with E-state index in [1.54, 1.807) is 0 Å². The van der Waals surface area contributed by atoms with Crippen molar-refractivity contribution in [3.8, 4) is 0 Å². The number of anilines is 1. The van der Waals surface area contributed by atoms with Gasteiger partial charge in [0, 0.05) is 0 Å². The Balaban J connectivity index is 2.08. The van der Waals surface area contributed by atoms with E-state index in [1.165, 1.54) is 5.56 Å². The fourth-order valence-electron chi connectivity index (χ4n) is 2.00. The van der Waals surface area contributed by atoms with E-state index in [1.807, 2.05) is 24.1 Å². The van der Waals surface area contributed by atoms with E-state index in [0.29, 0.717) is 6.54 Å². The zero-order valence-corrected chi connectivity index (χ0v) is 10.1. The van der Waals surface area contributed by atoms with Gasteiger partial charge in [0.25, 0.3) is 0 Å². The lowest BCUT2D eigenvalue weighted by atomic mass is 10.1. The first-order chi connectivity index (χ1) is 8.20. The summed E-state index contributed by atoms with van der Waals surface area (Å²) in [6.07, 6.45) is 1.98. The first-order valence-electron chi connectivity index (χ1n) is 6.08. The van der Waals surface area contributed by atoms with Crippen molar-refractivity contribution in [2.75, 3.05) is 18.1 Å². The minimum Gasteiger partial charge on any atom is -0.330 e. The maximum absolute atomic E-state index is 11.4. The number of aryl methyl sites for hydroxylation is 1. The van der Waals surface area contributed by atoms with Gasteiger partial charge < -0.3 is 5.73 Å². The summed E-state index contributed by atoms with van der Waals surface area (Å²) >= 11 is 0. The van der Waals surface area contributed by atoms with Gasteiger partial charge in [0.05, 0.1) is 18.2 Å². The van der Waals surface area contributed by atoms with Crippen LogP contribution in [0.5, 0.6) is 0 Å². The molecule has 1 unspecified atom stereocenters. The van der Waals surface area contributed by atoms with Gasteiger partial charge in [0.2, 0.25) is 5.91 Å². The number of nitrogens with one attached hydrogen (secondary N) is 1. The third kappa shape index (κ3) is 2.77. The molecular weight excluding hydrogens is 214 g/mol. The number of carbonyl (C=O) groups is 1. The van der Waals surface area contributed by atoms with Crippen molar-refractivity contribution >= 4 is 11.6 Å². The molecule has 4 heteroatoms. The maximum atomic E-state index is 11.4. The van der Waals surface area contributed by atoms with E-state index >= 15 is 0 Å². The summed E-state index contributed by atoms with van der Waals surface area (Å²) in [5, 5.41) is 1.92. The first kappa shape index (κ1) is 11.9. The third-order valence-electron chi connectivity index (χ3n) is 3.04. The van der Waals surface area contributed by atoms with Crippen molar-refractivity contribution in [2.45, 2.75) is 19.8 Å². The van der Waals surface area contributed by atoms with Crippen LogP contribution in [0.15, 0.2) is 24.3 Å². The molecule has 1 aromatic rings. The van der Waals surface area contributed by atoms with Crippen LogP contribution in [0.3, 0.4) is 0 Å². The van der Waals surface area contributed by atoms with E-state index < -0.39 is 0 Å². The Morgan fingerprint density at radius 3 is 3.00 bits per heavy atom. The van der Waals surface area contributed by atoms with E-state index in [4.69, 9.17) is 5.73 Å². The molecule has 3 N–H and O–H groups in total. The van der Waals surface area contributed by atoms with Crippen LogP contribution >= 0.6 is 0 Å². The summed E-state index contributed by atoms with van der Waals surface area (Å²) in [5.74, 6) is 0.153. The van der Waals surface area contributed by atoms with Crippen LogP contribution in [0, 0.1) is 5.92 Å². The van der Waals surface area contributed by atoms with Crippen LogP contribution in [0.2, 0.25) is 0 Å². The van der Waals surface area contributed by atoms with Gasteiger partial charge in [0.15, 0.2) is 0 Å². The number of nitrogens with zero attached hydrogens (tertiary/aromatic N) is 1. The molecule has 1 aliphatic heterocycles. The highest BCUT2D eigenvalue weighted by Crippen LogP contribution is 2.20. The van der Waals surface area contributed by atoms with Gasteiger partial charge >= 0.3 is 0 Å². The van der Waals surface area contributed by atoms with Crippen LogP contribution in [-0.2, 0) is 11.2 Å². The number of benzene rings is 1. The van der Waals surface area contributed by atoms with Crippen molar-refractivity contribution in [2.24, 2.45) is 11.7 Å². The molecule has 0 spiro atoms. The van der Waals surface area contributed by atoms with Gasteiger partial charge in [-0.3, -0.25) is 15.2 Å². The van der Waals surface area contributed by atoms with E-state index in [0.717, 1.165) is 25.1 Å². The smallest absolute Gasteiger partial charge is 0.243 e. The Bertz CT molecular complexity index is 405. The monoisotopic (exact) mass is 233 g/mol. The van der Waals surface area contributed by atoms with Gasteiger partial charge in [-0.05, 0) is 37.1 Å². The normalized spacial score (nSPS) is 19.5. The Hall–Kier alpha value is -1.55. The number of nitrogens with two attached hydrogens (primary N) is 1. The summed E-state index contributed by atoms with van der Waals surface area (Å²) < 4.78 is 0. The lowest BCUT2D eigenvalue weighted by molar-refractivity contribution is -0.121. The van der Waals surface area contributed by atoms with Crippen molar-refractivity contribution < 1.29 is 4.79 Å². The molecule has 92 valence electrons. The van der Waals surface area contributed by atoms with Crippen LogP contribution in [-0.4, -0.2) is 19.0 Å². The number of amides is 1. The van der Waals surface area contributed by atoms with Crippen molar-refractivity contribution in [3.63, 3.8) is 0 Å². The van der Waals surface area contributed by atoms with Gasteiger partial charge in [-0.25, -0.2) is 0 Å². The molecule has 17 heavy (non-hydrogen) atoms. The lowest BCUT2D eigenvalue weighted by Crippen LogP contribution is -2.32. The Labute approximate surface area is 102 Å². The number of hydrogen-bond acceptors (Lipinski definition) is 3. The SMILES string of the molecule is CC1CN(c2cccc(CCCN)c2)NC1=O. The molecule has 1 aromatic carbocycles. The highest BCUT2D eigenvalue weighted by molar-refractivity contribution is 5.83. The molecule has 0 aliphatic carbocycles. The van der Waals surface area contributed by atoms with E-state index in [9.17, 15) is 4.79 Å². The van der Waals surface area contributed by atoms with Crippen LogP contribution < -0.4 is 16.2 Å². The van der Waals surface area contributed by atoms with Crippen LogP contribution in [0.25, 0.3) is 0 Å². The summed E-state index contributed by atoms with van der Waals surface area (Å²) in [7, 11) is 0.